The molecule has 1 heterocycles. The van der Waals surface area contributed by atoms with Crippen LogP contribution >= 0.6 is 11.6 Å². The van der Waals surface area contributed by atoms with Gasteiger partial charge in [0.05, 0.1) is 10.5 Å². The van der Waals surface area contributed by atoms with Crippen molar-refractivity contribution in [1.29, 1.82) is 0 Å². The maximum Gasteiger partial charge on any atom is 0.126 e. The molecule has 0 atom stereocenters. The van der Waals surface area contributed by atoms with Gasteiger partial charge in [-0.15, -0.1) is 0 Å². The number of hydrogen-bond acceptors (Lipinski definition) is 2. The number of halogens is 2. The molecule has 4 heteroatoms. The number of hydrogen-bond donors (Lipinski definition) is 1. The van der Waals surface area contributed by atoms with Gasteiger partial charge in [0.15, 0.2) is 0 Å². The number of anilines is 1. The fourth-order valence-corrected chi connectivity index (χ4v) is 2.22. The van der Waals surface area contributed by atoms with Crippen molar-refractivity contribution >= 4 is 28.2 Å². The number of fused-ring (bicyclic) bond motifs is 1. The molecule has 0 bridgehead atoms. The van der Waals surface area contributed by atoms with E-state index in [0.717, 1.165) is 28.9 Å². The average Bonchev–Trinajstić information content (AvgIpc) is 2.24. The summed E-state index contributed by atoms with van der Waals surface area (Å²) in [7, 11) is 0. The van der Waals surface area contributed by atoms with Gasteiger partial charge in [0.25, 0.3) is 0 Å². The van der Waals surface area contributed by atoms with Gasteiger partial charge in [0, 0.05) is 29.4 Å². The molecule has 2 rings (SSSR count). The summed E-state index contributed by atoms with van der Waals surface area (Å²) in [5.41, 5.74) is 3.47. The summed E-state index contributed by atoms with van der Waals surface area (Å²) >= 11 is 6.11. The van der Waals surface area contributed by atoms with E-state index in [2.05, 4.69) is 10.3 Å². The number of benzene rings is 1. The van der Waals surface area contributed by atoms with Crippen molar-refractivity contribution in [3.05, 3.63) is 34.2 Å². The van der Waals surface area contributed by atoms with Gasteiger partial charge in [-0.25, -0.2) is 4.39 Å². The molecule has 1 aromatic carbocycles. The van der Waals surface area contributed by atoms with Gasteiger partial charge in [-0.2, -0.15) is 0 Å². The van der Waals surface area contributed by atoms with Crippen LogP contribution in [-0.2, 0) is 0 Å². The number of pyridine rings is 1. The van der Waals surface area contributed by atoms with E-state index in [0.29, 0.717) is 10.5 Å². The van der Waals surface area contributed by atoms with Crippen molar-refractivity contribution in [3.63, 3.8) is 0 Å². The Kier molecular flexibility index (Phi) is 3.20. The molecule has 1 N–H and O–H groups in total. The third kappa shape index (κ3) is 2.07. The molecule has 0 radical (unpaired) electrons. The quantitative estimate of drug-likeness (QED) is 0.871. The van der Waals surface area contributed by atoms with E-state index in [-0.39, 0.29) is 5.82 Å². The zero-order chi connectivity index (χ0) is 12.6. The SMILES string of the molecule is CCNc1c(C)c(C)nc2cc(F)cc(Cl)c12. The number of aromatic nitrogens is 1. The van der Waals surface area contributed by atoms with Gasteiger partial charge in [0.1, 0.15) is 5.82 Å². The lowest BCUT2D eigenvalue weighted by molar-refractivity contribution is 0.629. The highest BCUT2D eigenvalue weighted by Crippen LogP contribution is 2.33. The van der Waals surface area contributed by atoms with Crippen molar-refractivity contribution in [2.24, 2.45) is 0 Å². The van der Waals surface area contributed by atoms with Crippen LogP contribution in [0.3, 0.4) is 0 Å². The van der Waals surface area contributed by atoms with E-state index in [1.54, 1.807) is 0 Å². The van der Waals surface area contributed by atoms with Crippen LogP contribution in [0.1, 0.15) is 18.2 Å². The minimum Gasteiger partial charge on any atom is -0.384 e. The van der Waals surface area contributed by atoms with E-state index in [1.165, 1.54) is 12.1 Å². The number of rotatable bonds is 2. The summed E-state index contributed by atoms with van der Waals surface area (Å²) in [6.45, 7) is 6.69. The molecule has 90 valence electrons. The summed E-state index contributed by atoms with van der Waals surface area (Å²) in [6.07, 6.45) is 0. The zero-order valence-electron chi connectivity index (χ0n) is 10.1. The van der Waals surface area contributed by atoms with Crippen LogP contribution < -0.4 is 5.32 Å². The highest BCUT2D eigenvalue weighted by atomic mass is 35.5. The normalized spacial score (nSPS) is 10.9. The first kappa shape index (κ1) is 12.1. The minimum absolute atomic E-state index is 0.360. The van der Waals surface area contributed by atoms with Gasteiger partial charge >= 0.3 is 0 Å². The van der Waals surface area contributed by atoms with Crippen LogP contribution in [0.5, 0.6) is 0 Å². The molecule has 1 aromatic heterocycles. The Hall–Kier alpha value is -1.35. The highest BCUT2D eigenvalue weighted by Gasteiger charge is 2.13. The van der Waals surface area contributed by atoms with Gasteiger partial charge in [-0.3, -0.25) is 4.98 Å². The predicted molar refractivity (Wildman–Crippen MR) is 70.3 cm³/mol. The van der Waals surface area contributed by atoms with Crippen molar-refractivity contribution in [2.75, 3.05) is 11.9 Å². The Morgan fingerprint density at radius 2 is 2.06 bits per heavy atom. The lowest BCUT2D eigenvalue weighted by Crippen LogP contribution is -2.03. The maximum absolute atomic E-state index is 13.3. The lowest BCUT2D eigenvalue weighted by atomic mass is 10.1. The Morgan fingerprint density at radius 3 is 2.71 bits per heavy atom. The van der Waals surface area contributed by atoms with E-state index in [1.807, 2.05) is 20.8 Å². The second-order valence-corrected chi connectivity index (χ2v) is 4.42. The predicted octanol–water partition coefficient (Wildman–Crippen LogP) is 4.08. The molecule has 0 unspecified atom stereocenters. The largest absolute Gasteiger partial charge is 0.384 e. The Balaban J connectivity index is 2.87. The molecule has 0 spiro atoms. The second-order valence-electron chi connectivity index (χ2n) is 4.01. The third-order valence-electron chi connectivity index (χ3n) is 2.84. The summed E-state index contributed by atoms with van der Waals surface area (Å²) in [6, 6.07) is 2.73. The van der Waals surface area contributed by atoms with Crippen molar-refractivity contribution < 1.29 is 4.39 Å². The average molecular weight is 253 g/mol. The van der Waals surface area contributed by atoms with Gasteiger partial charge in [0.2, 0.25) is 0 Å². The molecule has 0 saturated heterocycles. The molecule has 0 fully saturated rings. The fraction of sp³-hybridized carbons (Fsp3) is 0.308. The molecule has 0 aliphatic carbocycles. The van der Waals surface area contributed by atoms with Crippen LogP contribution in [0.2, 0.25) is 5.02 Å². The summed E-state index contributed by atoms with van der Waals surface area (Å²) in [5, 5.41) is 4.46. The highest BCUT2D eigenvalue weighted by molar-refractivity contribution is 6.36. The molecule has 0 saturated carbocycles. The zero-order valence-corrected chi connectivity index (χ0v) is 10.8. The molecular weight excluding hydrogens is 239 g/mol. The lowest BCUT2D eigenvalue weighted by Gasteiger charge is -2.14. The van der Waals surface area contributed by atoms with Crippen LogP contribution in [0.15, 0.2) is 12.1 Å². The summed E-state index contributed by atoms with van der Waals surface area (Å²) in [5.74, 6) is -0.360. The van der Waals surface area contributed by atoms with Gasteiger partial charge < -0.3 is 5.32 Å². The smallest absolute Gasteiger partial charge is 0.126 e. The van der Waals surface area contributed by atoms with Crippen LogP contribution in [0, 0.1) is 19.7 Å². The molecule has 0 aliphatic heterocycles. The molecule has 0 amide bonds. The first-order chi connectivity index (χ1) is 8.04. The Bertz CT molecular complexity index is 581. The summed E-state index contributed by atoms with van der Waals surface area (Å²) in [4.78, 5) is 4.38. The van der Waals surface area contributed by atoms with Crippen LogP contribution in [-0.4, -0.2) is 11.5 Å². The first-order valence-electron chi connectivity index (χ1n) is 5.54. The van der Waals surface area contributed by atoms with Gasteiger partial charge in [-0.1, -0.05) is 11.6 Å². The summed E-state index contributed by atoms with van der Waals surface area (Å²) < 4.78 is 13.3. The van der Waals surface area contributed by atoms with E-state index in [4.69, 9.17) is 11.6 Å². The number of nitrogens with one attached hydrogen (secondary N) is 1. The third-order valence-corrected chi connectivity index (χ3v) is 3.14. The first-order valence-corrected chi connectivity index (χ1v) is 5.92. The standard InChI is InChI=1S/C13H14ClFN2/c1-4-16-13-7(2)8(3)17-11-6-9(15)5-10(14)12(11)13/h5-6H,4H2,1-3H3,(H,16,17). The van der Waals surface area contributed by atoms with Crippen LogP contribution in [0.4, 0.5) is 10.1 Å². The second kappa shape index (κ2) is 4.49. The fourth-order valence-electron chi connectivity index (χ4n) is 1.93. The Morgan fingerprint density at radius 1 is 1.35 bits per heavy atom. The molecular formula is C13H14ClFN2. The van der Waals surface area contributed by atoms with E-state index >= 15 is 0 Å². The molecule has 0 aliphatic rings. The Labute approximate surface area is 105 Å². The molecule has 2 aromatic rings. The topological polar surface area (TPSA) is 24.9 Å². The van der Waals surface area contributed by atoms with Crippen molar-refractivity contribution in [3.8, 4) is 0 Å². The van der Waals surface area contributed by atoms with Crippen molar-refractivity contribution in [2.45, 2.75) is 20.8 Å². The monoisotopic (exact) mass is 252 g/mol. The van der Waals surface area contributed by atoms with E-state index in [9.17, 15) is 4.39 Å². The minimum atomic E-state index is -0.360. The van der Waals surface area contributed by atoms with Gasteiger partial charge in [-0.05, 0) is 32.4 Å². The molecule has 17 heavy (non-hydrogen) atoms. The maximum atomic E-state index is 13.3. The number of aryl methyl sites for hydroxylation is 1. The van der Waals surface area contributed by atoms with Crippen LogP contribution in [0.25, 0.3) is 10.9 Å². The molecule has 2 nitrogen and oxygen atoms in total. The van der Waals surface area contributed by atoms with Crippen molar-refractivity contribution in [1.82, 2.24) is 4.98 Å². The number of nitrogens with zero attached hydrogens (tertiary/aromatic N) is 1. The van der Waals surface area contributed by atoms with E-state index < -0.39 is 0 Å².